The maximum atomic E-state index is 5.85. The second-order valence-electron chi connectivity index (χ2n) is 7.14. The Bertz CT molecular complexity index is 269. The van der Waals surface area contributed by atoms with Crippen LogP contribution < -0.4 is 5.32 Å². The van der Waals surface area contributed by atoms with E-state index in [1.807, 2.05) is 7.11 Å². The van der Waals surface area contributed by atoms with Gasteiger partial charge in [-0.25, -0.2) is 0 Å². The third-order valence-electron chi connectivity index (χ3n) is 5.96. The van der Waals surface area contributed by atoms with E-state index in [-0.39, 0.29) is 5.60 Å². The number of rotatable bonds is 6. The van der Waals surface area contributed by atoms with Crippen molar-refractivity contribution in [2.75, 3.05) is 13.7 Å². The second-order valence-corrected chi connectivity index (χ2v) is 7.14. The first-order chi connectivity index (χ1) is 9.10. The molecule has 2 nitrogen and oxygen atoms in total. The van der Waals surface area contributed by atoms with Crippen molar-refractivity contribution in [3.8, 4) is 0 Å². The van der Waals surface area contributed by atoms with Gasteiger partial charge in [-0.2, -0.15) is 0 Å². The lowest BCUT2D eigenvalue weighted by Crippen LogP contribution is -2.49. The molecule has 0 radical (unpaired) electrons. The fourth-order valence-corrected chi connectivity index (χ4v) is 4.09. The zero-order valence-electron chi connectivity index (χ0n) is 13.4. The largest absolute Gasteiger partial charge is 0.378 e. The Hall–Kier alpha value is -0.0800. The van der Waals surface area contributed by atoms with Crippen LogP contribution in [0.2, 0.25) is 0 Å². The third kappa shape index (κ3) is 3.52. The van der Waals surface area contributed by atoms with E-state index in [0.717, 1.165) is 24.3 Å². The molecule has 19 heavy (non-hydrogen) atoms. The Morgan fingerprint density at radius 3 is 2.42 bits per heavy atom. The number of methoxy groups -OCH3 is 1. The zero-order chi connectivity index (χ0) is 13.9. The van der Waals surface area contributed by atoms with E-state index in [9.17, 15) is 0 Å². The molecule has 0 spiro atoms. The molecule has 0 aromatic rings. The van der Waals surface area contributed by atoms with Gasteiger partial charge >= 0.3 is 0 Å². The third-order valence-corrected chi connectivity index (χ3v) is 5.96. The van der Waals surface area contributed by atoms with Gasteiger partial charge in [0.1, 0.15) is 0 Å². The molecule has 0 aliphatic heterocycles. The van der Waals surface area contributed by atoms with E-state index < -0.39 is 0 Å². The second kappa shape index (κ2) is 6.58. The van der Waals surface area contributed by atoms with Crippen molar-refractivity contribution in [1.82, 2.24) is 5.32 Å². The molecule has 0 amide bonds. The topological polar surface area (TPSA) is 21.3 Å². The Morgan fingerprint density at radius 1 is 1.21 bits per heavy atom. The SMILES string of the molecule is CCNC(CC1(OC)CCC1)C1CCC(C)C(C)C1. The lowest BCUT2D eigenvalue weighted by Gasteiger charge is -2.46. The van der Waals surface area contributed by atoms with Crippen molar-refractivity contribution in [3.63, 3.8) is 0 Å². The molecule has 2 aliphatic carbocycles. The predicted molar refractivity (Wildman–Crippen MR) is 81.3 cm³/mol. The van der Waals surface area contributed by atoms with Gasteiger partial charge in [0.05, 0.1) is 5.60 Å². The van der Waals surface area contributed by atoms with Crippen LogP contribution in [0.3, 0.4) is 0 Å². The summed E-state index contributed by atoms with van der Waals surface area (Å²) in [4.78, 5) is 0. The maximum absolute atomic E-state index is 5.85. The lowest BCUT2D eigenvalue weighted by atomic mass is 9.68. The van der Waals surface area contributed by atoms with Crippen LogP contribution in [0.5, 0.6) is 0 Å². The molecule has 0 aromatic heterocycles. The summed E-state index contributed by atoms with van der Waals surface area (Å²) in [5.74, 6) is 2.66. The van der Waals surface area contributed by atoms with E-state index in [4.69, 9.17) is 4.74 Å². The van der Waals surface area contributed by atoms with E-state index in [1.165, 1.54) is 44.9 Å². The van der Waals surface area contributed by atoms with Crippen LogP contribution in [0.25, 0.3) is 0 Å². The van der Waals surface area contributed by atoms with E-state index >= 15 is 0 Å². The molecule has 0 aromatic carbocycles. The highest BCUT2D eigenvalue weighted by molar-refractivity contribution is 4.96. The highest BCUT2D eigenvalue weighted by atomic mass is 16.5. The molecule has 4 atom stereocenters. The van der Waals surface area contributed by atoms with Crippen LogP contribution in [-0.4, -0.2) is 25.3 Å². The molecule has 2 saturated carbocycles. The monoisotopic (exact) mass is 267 g/mol. The van der Waals surface area contributed by atoms with Crippen LogP contribution in [0.4, 0.5) is 0 Å². The van der Waals surface area contributed by atoms with E-state index in [2.05, 4.69) is 26.1 Å². The fraction of sp³-hybridized carbons (Fsp3) is 1.00. The van der Waals surface area contributed by atoms with Gasteiger partial charge in [0.25, 0.3) is 0 Å². The molecule has 0 bridgehead atoms. The summed E-state index contributed by atoms with van der Waals surface area (Å²) < 4.78 is 5.85. The average molecular weight is 267 g/mol. The molecule has 0 heterocycles. The van der Waals surface area contributed by atoms with Gasteiger partial charge in [-0.1, -0.05) is 27.2 Å². The van der Waals surface area contributed by atoms with Gasteiger partial charge in [0.15, 0.2) is 0 Å². The van der Waals surface area contributed by atoms with Crippen molar-refractivity contribution in [3.05, 3.63) is 0 Å². The fourth-order valence-electron chi connectivity index (χ4n) is 4.09. The normalized spacial score (nSPS) is 35.7. The Morgan fingerprint density at radius 2 is 1.95 bits per heavy atom. The molecule has 4 unspecified atom stereocenters. The van der Waals surface area contributed by atoms with Crippen LogP contribution in [0, 0.1) is 17.8 Å². The summed E-state index contributed by atoms with van der Waals surface area (Å²) in [6, 6.07) is 0.667. The summed E-state index contributed by atoms with van der Waals surface area (Å²) in [6.45, 7) is 8.19. The highest BCUT2D eigenvalue weighted by Gasteiger charge is 2.41. The van der Waals surface area contributed by atoms with Gasteiger partial charge in [-0.05, 0) is 62.8 Å². The molecule has 2 aliphatic rings. The summed E-state index contributed by atoms with van der Waals surface area (Å²) in [5.41, 5.74) is 0.207. The van der Waals surface area contributed by atoms with Crippen LogP contribution >= 0.6 is 0 Å². The van der Waals surface area contributed by atoms with E-state index in [0.29, 0.717) is 6.04 Å². The first-order valence-electron chi connectivity index (χ1n) is 8.38. The van der Waals surface area contributed by atoms with Gasteiger partial charge < -0.3 is 10.1 Å². The molecule has 2 fully saturated rings. The Labute approximate surface area is 119 Å². The summed E-state index contributed by atoms with van der Waals surface area (Å²) in [5, 5.41) is 3.77. The average Bonchev–Trinajstić information content (AvgIpc) is 2.36. The first-order valence-corrected chi connectivity index (χ1v) is 8.38. The van der Waals surface area contributed by atoms with Crippen LogP contribution in [0.1, 0.15) is 65.7 Å². The van der Waals surface area contributed by atoms with Crippen molar-refractivity contribution in [1.29, 1.82) is 0 Å². The van der Waals surface area contributed by atoms with Crippen molar-refractivity contribution in [2.24, 2.45) is 17.8 Å². The van der Waals surface area contributed by atoms with Crippen molar-refractivity contribution in [2.45, 2.75) is 77.4 Å². The zero-order valence-corrected chi connectivity index (χ0v) is 13.4. The minimum Gasteiger partial charge on any atom is -0.378 e. The molecular weight excluding hydrogens is 234 g/mol. The summed E-state index contributed by atoms with van der Waals surface area (Å²) in [6.07, 6.45) is 9.33. The quantitative estimate of drug-likeness (QED) is 0.785. The number of ether oxygens (including phenoxy) is 1. The van der Waals surface area contributed by atoms with Crippen LogP contribution in [0.15, 0.2) is 0 Å². The Kier molecular flexibility index (Phi) is 5.30. The van der Waals surface area contributed by atoms with E-state index in [1.54, 1.807) is 0 Å². The molecule has 2 rings (SSSR count). The molecule has 0 saturated heterocycles. The molecular formula is C17H33NO. The predicted octanol–water partition coefficient (Wildman–Crippen LogP) is 4.00. The minimum absolute atomic E-state index is 0.207. The van der Waals surface area contributed by atoms with Crippen molar-refractivity contribution < 1.29 is 4.74 Å². The molecule has 112 valence electrons. The van der Waals surface area contributed by atoms with Gasteiger partial charge in [-0.3, -0.25) is 0 Å². The standard InChI is InChI=1S/C17H33NO/c1-5-18-16(12-17(19-4)9-6-10-17)15-8-7-13(2)14(3)11-15/h13-16,18H,5-12H2,1-4H3. The number of nitrogens with one attached hydrogen (secondary N) is 1. The Balaban J connectivity index is 1.95. The minimum atomic E-state index is 0.207. The van der Waals surface area contributed by atoms with Gasteiger partial charge in [0, 0.05) is 13.2 Å². The van der Waals surface area contributed by atoms with Gasteiger partial charge in [-0.15, -0.1) is 0 Å². The summed E-state index contributed by atoms with van der Waals surface area (Å²) >= 11 is 0. The summed E-state index contributed by atoms with van der Waals surface area (Å²) in [7, 11) is 1.91. The first kappa shape index (κ1) is 15.3. The van der Waals surface area contributed by atoms with Crippen molar-refractivity contribution >= 4 is 0 Å². The smallest absolute Gasteiger partial charge is 0.0693 e. The molecule has 2 heteroatoms. The number of hydrogen-bond acceptors (Lipinski definition) is 2. The number of hydrogen-bond donors (Lipinski definition) is 1. The van der Waals surface area contributed by atoms with Crippen LogP contribution in [-0.2, 0) is 4.74 Å². The van der Waals surface area contributed by atoms with Gasteiger partial charge in [0.2, 0.25) is 0 Å². The maximum Gasteiger partial charge on any atom is 0.0693 e. The lowest BCUT2D eigenvalue weighted by molar-refractivity contribution is -0.0887. The molecule has 1 N–H and O–H groups in total. The highest BCUT2D eigenvalue weighted by Crippen LogP contribution is 2.43.